The molecule has 86 valence electrons. The van der Waals surface area contributed by atoms with Crippen LogP contribution in [-0.4, -0.2) is 12.5 Å². The van der Waals surface area contributed by atoms with Crippen LogP contribution in [0.3, 0.4) is 0 Å². The van der Waals surface area contributed by atoms with Crippen LogP contribution in [0.25, 0.3) is 0 Å². The third kappa shape index (κ3) is 2.54. The second kappa shape index (κ2) is 4.16. The van der Waals surface area contributed by atoms with Gasteiger partial charge >= 0.3 is 0 Å². The minimum Gasteiger partial charge on any atom is -0.490 e. The highest BCUT2D eigenvalue weighted by molar-refractivity contribution is 5.49. The van der Waals surface area contributed by atoms with Crippen LogP contribution < -0.4 is 10.1 Å². The van der Waals surface area contributed by atoms with Gasteiger partial charge in [0.25, 0.3) is 0 Å². The van der Waals surface area contributed by atoms with Crippen molar-refractivity contribution in [3.05, 3.63) is 29.8 Å². The molecule has 16 heavy (non-hydrogen) atoms. The van der Waals surface area contributed by atoms with E-state index >= 15 is 0 Å². The normalized spacial score (nSPS) is 15.6. The van der Waals surface area contributed by atoms with Gasteiger partial charge in [-0.05, 0) is 44.4 Å². The van der Waals surface area contributed by atoms with Crippen LogP contribution in [0, 0.1) is 0 Å². The third-order valence-corrected chi connectivity index (χ3v) is 2.80. The quantitative estimate of drug-likeness (QED) is 0.771. The zero-order valence-electron chi connectivity index (χ0n) is 9.69. The zero-order chi connectivity index (χ0) is 11.6. The molecule has 1 aromatic carbocycles. The molecular formula is C13H17NO2. The summed E-state index contributed by atoms with van der Waals surface area (Å²) in [6, 6.07) is 7.91. The van der Waals surface area contributed by atoms with E-state index in [2.05, 4.69) is 5.32 Å². The molecule has 0 heterocycles. The number of nitrogens with one attached hydrogen (secondary N) is 1. The highest BCUT2D eigenvalue weighted by Gasteiger charge is 2.24. The smallest absolute Gasteiger partial charge is 0.207 e. The fourth-order valence-corrected chi connectivity index (χ4v) is 1.57. The molecule has 0 aliphatic heterocycles. The molecule has 1 aliphatic rings. The van der Waals surface area contributed by atoms with E-state index in [4.69, 9.17) is 4.74 Å². The largest absolute Gasteiger partial charge is 0.490 e. The van der Waals surface area contributed by atoms with Crippen molar-refractivity contribution in [1.82, 2.24) is 5.32 Å². The molecule has 0 bridgehead atoms. The first-order valence-corrected chi connectivity index (χ1v) is 5.60. The minimum absolute atomic E-state index is 0.356. The molecule has 0 saturated heterocycles. The molecule has 0 spiro atoms. The van der Waals surface area contributed by atoms with E-state index in [1.54, 1.807) is 0 Å². The third-order valence-electron chi connectivity index (χ3n) is 2.80. The molecule has 3 heteroatoms. The lowest BCUT2D eigenvalue weighted by atomic mass is 9.94. The summed E-state index contributed by atoms with van der Waals surface area (Å²) in [5.74, 6) is 0.890. The second-order valence-electron chi connectivity index (χ2n) is 4.73. The van der Waals surface area contributed by atoms with Crippen molar-refractivity contribution < 1.29 is 9.53 Å². The van der Waals surface area contributed by atoms with E-state index in [-0.39, 0.29) is 5.54 Å². The molecule has 3 nitrogen and oxygen atoms in total. The molecule has 1 aromatic rings. The highest BCUT2D eigenvalue weighted by atomic mass is 16.5. The number of carbonyl (C=O) groups is 1. The monoisotopic (exact) mass is 219 g/mol. The van der Waals surface area contributed by atoms with Crippen LogP contribution in [0.5, 0.6) is 5.75 Å². The number of hydrogen-bond donors (Lipinski definition) is 1. The van der Waals surface area contributed by atoms with Gasteiger partial charge in [-0.25, -0.2) is 0 Å². The maximum atomic E-state index is 10.5. The van der Waals surface area contributed by atoms with Crippen LogP contribution in [0.2, 0.25) is 0 Å². The summed E-state index contributed by atoms with van der Waals surface area (Å²) in [6.45, 7) is 3.94. The zero-order valence-corrected chi connectivity index (χ0v) is 9.69. The van der Waals surface area contributed by atoms with Crippen molar-refractivity contribution in [3.63, 3.8) is 0 Å². The Morgan fingerprint density at radius 1 is 1.44 bits per heavy atom. The summed E-state index contributed by atoms with van der Waals surface area (Å²) in [7, 11) is 0. The van der Waals surface area contributed by atoms with E-state index in [1.165, 1.54) is 0 Å². The van der Waals surface area contributed by atoms with E-state index < -0.39 is 0 Å². The summed E-state index contributed by atoms with van der Waals surface area (Å²) in [5.41, 5.74) is 0.697. The van der Waals surface area contributed by atoms with Gasteiger partial charge in [0.1, 0.15) is 5.75 Å². The first-order chi connectivity index (χ1) is 7.62. The van der Waals surface area contributed by atoms with Gasteiger partial charge in [0, 0.05) is 0 Å². The Kier molecular flexibility index (Phi) is 2.86. The van der Waals surface area contributed by atoms with Gasteiger partial charge in [-0.3, -0.25) is 4.79 Å². The number of amides is 1. The Hall–Kier alpha value is -1.51. The van der Waals surface area contributed by atoms with Gasteiger partial charge < -0.3 is 10.1 Å². The standard InChI is InChI=1S/C13H17NO2/c1-13(2,14-9-15)10-4-3-5-12(8-10)16-11-6-7-11/h3-5,8-9,11H,6-7H2,1-2H3,(H,14,15). The van der Waals surface area contributed by atoms with Gasteiger partial charge in [0.05, 0.1) is 11.6 Å². The fourth-order valence-electron chi connectivity index (χ4n) is 1.57. The first kappa shape index (κ1) is 11.0. The molecule has 1 saturated carbocycles. The van der Waals surface area contributed by atoms with Crippen molar-refractivity contribution in [2.24, 2.45) is 0 Å². The van der Waals surface area contributed by atoms with E-state index in [0.29, 0.717) is 6.10 Å². The average molecular weight is 219 g/mol. The Bertz CT molecular complexity index is 383. The maximum absolute atomic E-state index is 10.5. The number of ether oxygens (including phenoxy) is 1. The summed E-state index contributed by atoms with van der Waals surface area (Å²) < 4.78 is 5.72. The predicted molar refractivity (Wildman–Crippen MR) is 62.3 cm³/mol. The maximum Gasteiger partial charge on any atom is 0.207 e. The molecule has 2 rings (SSSR count). The van der Waals surface area contributed by atoms with Crippen LogP contribution in [0.4, 0.5) is 0 Å². The lowest BCUT2D eigenvalue weighted by Gasteiger charge is -2.24. The topological polar surface area (TPSA) is 38.3 Å². The van der Waals surface area contributed by atoms with Gasteiger partial charge in [0.15, 0.2) is 0 Å². The summed E-state index contributed by atoms with van der Waals surface area (Å²) in [5, 5.41) is 2.80. The molecule has 1 aliphatic carbocycles. The summed E-state index contributed by atoms with van der Waals surface area (Å²) in [4.78, 5) is 10.5. The summed E-state index contributed by atoms with van der Waals surface area (Å²) in [6.07, 6.45) is 3.44. The molecule has 0 radical (unpaired) electrons. The van der Waals surface area contributed by atoms with E-state index in [1.807, 2.05) is 38.1 Å². The average Bonchev–Trinajstić information content (AvgIpc) is 3.02. The second-order valence-corrected chi connectivity index (χ2v) is 4.73. The van der Waals surface area contributed by atoms with Gasteiger partial charge in [-0.2, -0.15) is 0 Å². The minimum atomic E-state index is -0.356. The molecule has 0 atom stereocenters. The van der Waals surface area contributed by atoms with Gasteiger partial charge in [0.2, 0.25) is 6.41 Å². The molecule has 1 N–H and O–H groups in total. The predicted octanol–water partition coefficient (Wildman–Crippen LogP) is 2.21. The van der Waals surface area contributed by atoms with Crippen molar-refractivity contribution in [3.8, 4) is 5.75 Å². The summed E-state index contributed by atoms with van der Waals surface area (Å²) >= 11 is 0. The van der Waals surface area contributed by atoms with Gasteiger partial charge in [-0.15, -0.1) is 0 Å². The first-order valence-electron chi connectivity index (χ1n) is 5.60. The lowest BCUT2D eigenvalue weighted by molar-refractivity contribution is -0.111. The lowest BCUT2D eigenvalue weighted by Crippen LogP contribution is -2.35. The molecule has 1 fully saturated rings. The van der Waals surface area contributed by atoms with Crippen LogP contribution in [0.15, 0.2) is 24.3 Å². The van der Waals surface area contributed by atoms with Crippen molar-refractivity contribution in [1.29, 1.82) is 0 Å². The number of carbonyl (C=O) groups excluding carboxylic acids is 1. The molecule has 0 unspecified atom stereocenters. The Labute approximate surface area is 95.8 Å². The van der Waals surface area contributed by atoms with Crippen molar-refractivity contribution in [2.75, 3.05) is 0 Å². The fraction of sp³-hybridized carbons (Fsp3) is 0.462. The van der Waals surface area contributed by atoms with Crippen molar-refractivity contribution in [2.45, 2.75) is 38.3 Å². The number of benzene rings is 1. The molecule has 1 amide bonds. The molecular weight excluding hydrogens is 202 g/mol. The van der Waals surface area contributed by atoms with E-state index in [0.717, 1.165) is 30.6 Å². The Balaban J connectivity index is 2.16. The number of rotatable bonds is 5. The highest BCUT2D eigenvalue weighted by Crippen LogP contribution is 2.29. The SMILES string of the molecule is CC(C)(NC=O)c1cccc(OC2CC2)c1. The van der Waals surface area contributed by atoms with E-state index in [9.17, 15) is 4.79 Å². The Morgan fingerprint density at radius 3 is 2.81 bits per heavy atom. The Morgan fingerprint density at radius 2 is 2.19 bits per heavy atom. The van der Waals surface area contributed by atoms with Crippen LogP contribution in [0.1, 0.15) is 32.3 Å². The molecule has 0 aromatic heterocycles. The van der Waals surface area contributed by atoms with Crippen LogP contribution in [-0.2, 0) is 10.3 Å². The van der Waals surface area contributed by atoms with Gasteiger partial charge in [-0.1, -0.05) is 12.1 Å². The number of hydrogen-bond acceptors (Lipinski definition) is 2. The van der Waals surface area contributed by atoms with Crippen LogP contribution >= 0.6 is 0 Å². The van der Waals surface area contributed by atoms with Crippen molar-refractivity contribution >= 4 is 6.41 Å².